The quantitative estimate of drug-likeness (QED) is 0.811. The van der Waals surface area contributed by atoms with Crippen molar-refractivity contribution in [3.8, 4) is 5.75 Å². The first-order chi connectivity index (χ1) is 8.70. The maximum absolute atomic E-state index is 5.89. The Balaban J connectivity index is 2.04. The Bertz CT molecular complexity index is 392. The third kappa shape index (κ3) is 3.16. The van der Waals surface area contributed by atoms with Crippen LogP contribution >= 0.6 is 0 Å². The number of anilines is 1. The third-order valence-corrected chi connectivity index (χ3v) is 3.29. The van der Waals surface area contributed by atoms with E-state index < -0.39 is 0 Å². The molecule has 0 aromatic heterocycles. The Morgan fingerprint density at radius 1 is 1.44 bits per heavy atom. The fourth-order valence-electron chi connectivity index (χ4n) is 2.42. The van der Waals surface area contributed by atoms with Crippen molar-refractivity contribution in [1.82, 2.24) is 5.32 Å². The molecule has 0 amide bonds. The maximum atomic E-state index is 5.89. The van der Waals surface area contributed by atoms with Gasteiger partial charge in [0, 0.05) is 6.54 Å². The normalized spacial score (nSPS) is 18.4. The van der Waals surface area contributed by atoms with Crippen molar-refractivity contribution in [2.75, 3.05) is 31.1 Å². The maximum Gasteiger partial charge on any atom is 0.143 e. The van der Waals surface area contributed by atoms with Crippen molar-refractivity contribution in [1.29, 1.82) is 0 Å². The molecule has 100 valence electrons. The second-order valence-electron chi connectivity index (χ2n) is 5.05. The Hall–Kier alpha value is -1.22. The molecular formula is C15H24N2O. The zero-order chi connectivity index (χ0) is 13.0. The van der Waals surface area contributed by atoms with Crippen LogP contribution in [-0.2, 0) is 0 Å². The molecule has 0 fully saturated rings. The molecule has 3 heteroatoms. The van der Waals surface area contributed by atoms with Crippen molar-refractivity contribution in [3.05, 3.63) is 23.8 Å². The summed E-state index contributed by atoms with van der Waals surface area (Å²) in [5.41, 5.74) is 2.55. The molecule has 0 radical (unpaired) electrons. The minimum atomic E-state index is 0.277. The van der Waals surface area contributed by atoms with Gasteiger partial charge in [0.2, 0.25) is 0 Å². The molecule has 0 saturated heterocycles. The number of fused-ring (bicyclic) bond motifs is 1. The van der Waals surface area contributed by atoms with Crippen LogP contribution in [0.4, 0.5) is 5.69 Å². The summed E-state index contributed by atoms with van der Waals surface area (Å²) in [6, 6.07) is 6.44. The zero-order valence-corrected chi connectivity index (χ0v) is 11.7. The van der Waals surface area contributed by atoms with E-state index in [1.54, 1.807) is 0 Å². The summed E-state index contributed by atoms with van der Waals surface area (Å²) >= 11 is 0. The lowest BCUT2D eigenvalue weighted by molar-refractivity contribution is 0.212. The highest BCUT2D eigenvalue weighted by Gasteiger charge is 2.22. The van der Waals surface area contributed by atoms with Gasteiger partial charge in [0.25, 0.3) is 0 Å². The van der Waals surface area contributed by atoms with Crippen molar-refractivity contribution < 1.29 is 4.74 Å². The lowest BCUT2D eigenvalue weighted by Crippen LogP contribution is -2.39. The van der Waals surface area contributed by atoms with E-state index in [9.17, 15) is 0 Å². The van der Waals surface area contributed by atoms with E-state index in [1.165, 1.54) is 17.7 Å². The van der Waals surface area contributed by atoms with E-state index >= 15 is 0 Å². The van der Waals surface area contributed by atoms with Gasteiger partial charge in [0.15, 0.2) is 0 Å². The number of rotatable bonds is 5. The molecule has 1 aromatic carbocycles. The third-order valence-electron chi connectivity index (χ3n) is 3.29. The fraction of sp³-hybridized carbons (Fsp3) is 0.600. The minimum Gasteiger partial charge on any atom is -0.487 e. The van der Waals surface area contributed by atoms with Gasteiger partial charge in [0.1, 0.15) is 11.9 Å². The van der Waals surface area contributed by atoms with Gasteiger partial charge in [-0.2, -0.15) is 0 Å². The highest BCUT2D eigenvalue weighted by Crippen LogP contribution is 2.34. The van der Waals surface area contributed by atoms with E-state index in [1.807, 2.05) is 0 Å². The lowest BCUT2D eigenvalue weighted by atomic mass is 10.1. The van der Waals surface area contributed by atoms with Crippen LogP contribution in [-0.4, -0.2) is 32.3 Å². The molecule has 3 nitrogen and oxygen atoms in total. The van der Waals surface area contributed by atoms with Gasteiger partial charge in [-0.3, -0.25) is 0 Å². The molecule has 1 unspecified atom stereocenters. The van der Waals surface area contributed by atoms with Crippen molar-refractivity contribution >= 4 is 5.69 Å². The van der Waals surface area contributed by atoms with Crippen LogP contribution in [0.1, 0.15) is 25.8 Å². The Morgan fingerprint density at radius 3 is 3.06 bits per heavy atom. The van der Waals surface area contributed by atoms with Crippen LogP contribution in [0.15, 0.2) is 18.2 Å². The second kappa shape index (κ2) is 6.10. The predicted octanol–water partition coefficient (Wildman–Crippen LogP) is 2.58. The monoisotopic (exact) mass is 248 g/mol. The molecule has 1 aromatic rings. The standard InChI is InChI=1S/C15H24N2O/c1-4-16-8-5-9-17-11-13(3)18-15-7-6-12(2)10-14(15)17/h6-7,10,13,16H,4-5,8-9,11H2,1-3H3. The molecular weight excluding hydrogens is 224 g/mol. The number of nitrogens with zero attached hydrogens (tertiary/aromatic N) is 1. The van der Waals surface area contributed by atoms with Crippen LogP contribution in [0.5, 0.6) is 5.75 Å². The SMILES string of the molecule is CCNCCCN1CC(C)Oc2ccc(C)cc21. The van der Waals surface area contributed by atoms with Gasteiger partial charge < -0.3 is 15.0 Å². The molecule has 0 bridgehead atoms. The smallest absolute Gasteiger partial charge is 0.143 e. The van der Waals surface area contributed by atoms with Gasteiger partial charge in [-0.1, -0.05) is 13.0 Å². The van der Waals surface area contributed by atoms with E-state index in [-0.39, 0.29) is 6.10 Å². The van der Waals surface area contributed by atoms with Crippen LogP contribution in [0, 0.1) is 6.92 Å². The highest BCUT2D eigenvalue weighted by molar-refractivity contribution is 5.61. The Labute approximate surface area is 110 Å². The first-order valence-electron chi connectivity index (χ1n) is 6.93. The van der Waals surface area contributed by atoms with Gasteiger partial charge in [-0.25, -0.2) is 0 Å². The summed E-state index contributed by atoms with van der Waals surface area (Å²) in [6.45, 7) is 10.6. The van der Waals surface area contributed by atoms with Crippen LogP contribution in [0.25, 0.3) is 0 Å². The average molecular weight is 248 g/mol. The largest absolute Gasteiger partial charge is 0.487 e. The van der Waals surface area contributed by atoms with Crippen molar-refractivity contribution in [3.63, 3.8) is 0 Å². The summed E-state index contributed by atoms with van der Waals surface area (Å²) in [7, 11) is 0. The number of hydrogen-bond donors (Lipinski definition) is 1. The first kappa shape index (κ1) is 13.2. The first-order valence-corrected chi connectivity index (χ1v) is 6.93. The molecule has 1 atom stereocenters. The van der Waals surface area contributed by atoms with E-state index in [0.717, 1.165) is 31.9 Å². The molecule has 18 heavy (non-hydrogen) atoms. The number of aryl methyl sites for hydroxylation is 1. The number of ether oxygens (including phenoxy) is 1. The van der Waals surface area contributed by atoms with Crippen LogP contribution in [0.3, 0.4) is 0 Å². The number of hydrogen-bond acceptors (Lipinski definition) is 3. The summed E-state index contributed by atoms with van der Waals surface area (Å²) in [5, 5.41) is 3.38. The Kier molecular flexibility index (Phi) is 4.48. The molecule has 0 saturated carbocycles. The predicted molar refractivity (Wildman–Crippen MR) is 76.6 cm³/mol. The van der Waals surface area contributed by atoms with E-state index in [0.29, 0.717) is 0 Å². The zero-order valence-electron chi connectivity index (χ0n) is 11.7. The summed E-state index contributed by atoms with van der Waals surface area (Å²) in [4.78, 5) is 2.45. The summed E-state index contributed by atoms with van der Waals surface area (Å²) in [6.07, 6.45) is 1.45. The van der Waals surface area contributed by atoms with Gasteiger partial charge in [-0.15, -0.1) is 0 Å². The molecule has 0 spiro atoms. The average Bonchev–Trinajstić information content (AvgIpc) is 2.35. The molecule has 1 aliphatic heterocycles. The fourth-order valence-corrected chi connectivity index (χ4v) is 2.42. The van der Waals surface area contributed by atoms with E-state index in [4.69, 9.17) is 4.74 Å². The van der Waals surface area contributed by atoms with Crippen molar-refractivity contribution in [2.45, 2.75) is 33.3 Å². The molecule has 1 aliphatic rings. The molecule has 1 N–H and O–H groups in total. The lowest BCUT2D eigenvalue weighted by Gasteiger charge is -2.35. The van der Waals surface area contributed by atoms with Crippen LogP contribution in [0.2, 0.25) is 0 Å². The Morgan fingerprint density at radius 2 is 2.28 bits per heavy atom. The van der Waals surface area contributed by atoms with E-state index in [2.05, 4.69) is 49.2 Å². The topological polar surface area (TPSA) is 24.5 Å². The molecule has 1 heterocycles. The molecule has 2 rings (SSSR count). The summed E-state index contributed by atoms with van der Waals surface area (Å²) in [5.74, 6) is 1.03. The van der Waals surface area contributed by atoms with Crippen LogP contribution < -0.4 is 15.0 Å². The second-order valence-corrected chi connectivity index (χ2v) is 5.05. The van der Waals surface area contributed by atoms with Gasteiger partial charge in [-0.05, 0) is 51.1 Å². The summed E-state index contributed by atoms with van der Waals surface area (Å²) < 4.78 is 5.89. The number of benzene rings is 1. The minimum absolute atomic E-state index is 0.277. The van der Waals surface area contributed by atoms with Gasteiger partial charge >= 0.3 is 0 Å². The number of nitrogens with one attached hydrogen (secondary N) is 1. The molecule has 0 aliphatic carbocycles. The van der Waals surface area contributed by atoms with Crippen molar-refractivity contribution in [2.24, 2.45) is 0 Å². The van der Waals surface area contributed by atoms with Gasteiger partial charge in [0.05, 0.1) is 12.2 Å². The highest BCUT2D eigenvalue weighted by atomic mass is 16.5.